The Balaban J connectivity index is 1.51. The predicted octanol–water partition coefficient (Wildman–Crippen LogP) is 4.24. The Morgan fingerprint density at radius 2 is 1.88 bits per heavy atom. The SMILES string of the molecule is O=C(NCc1ccc(OCc2cccnc2)cc1)c1cccc(Cl)c1. The first-order valence-corrected chi connectivity index (χ1v) is 8.23. The molecule has 0 radical (unpaired) electrons. The molecule has 1 N–H and O–H groups in total. The molecule has 1 amide bonds. The number of halogens is 1. The zero-order valence-electron chi connectivity index (χ0n) is 13.5. The second kappa shape index (κ2) is 8.31. The van der Waals surface area contributed by atoms with Crippen LogP contribution in [-0.2, 0) is 13.2 Å². The number of nitrogens with zero attached hydrogens (tertiary/aromatic N) is 1. The molecular formula is C20H17ClN2O2. The fourth-order valence-corrected chi connectivity index (χ4v) is 2.46. The molecule has 1 heterocycles. The second-order valence-electron chi connectivity index (χ2n) is 5.49. The Labute approximate surface area is 151 Å². The van der Waals surface area contributed by atoms with Crippen LogP contribution < -0.4 is 10.1 Å². The van der Waals surface area contributed by atoms with E-state index in [0.717, 1.165) is 16.9 Å². The first-order chi connectivity index (χ1) is 12.2. The summed E-state index contributed by atoms with van der Waals surface area (Å²) in [6.45, 7) is 0.910. The lowest BCUT2D eigenvalue weighted by Gasteiger charge is -2.08. The van der Waals surface area contributed by atoms with Crippen LogP contribution in [0.4, 0.5) is 0 Å². The molecule has 0 atom stereocenters. The topological polar surface area (TPSA) is 51.2 Å². The van der Waals surface area contributed by atoms with Crippen molar-refractivity contribution in [3.63, 3.8) is 0 Å². The zero-order chi connectivity index (χ0) is 17.5. The standard InChI is InChI=1S/C20H17ClN2O2/c21-18-5-1-4-17(11-18)20(24)23-13-15-6-8-19(9-7-15)25-14-16-3-2-10-22-12-16/h1-12H,13-14H2,(H,23,24). The van der Waals surface area contributed by atoms with E-state index in [0.29, 0.717) is 23.7 Å². The van der Waals surface area contributed by atoms with E-state index in [2.05, 4.69) is 10.3 Å². The molecule has 1 aromatic heterocycles. The van der Waals surface area contributed by atoms with Gasteiger partial charge < -0.3 is 10.1 Å². The van der Waals surface area contributed by atoms with Crippen LogP contribution in [0.3, 0.4) is 0 Å². The maximum atomic E-state index is 12.1. The van der Waals surface area contributed by atoms with E-state index in [9.17, 15) is 4.79 Å². The van der Waals surface area contributed by atoms with E-state index in [1.165, 1.54) is 0 Å². The van der Waals surface area contributed by atoms with Crippen molar-refractivity contribution in [2.75, 3.05) is 0 Å². The lowest BCUT2D eigenvalue weighted by atomic mass is 10.2. The first kappa shape index (κ1) is 17.0. The molecule has 3 aromatic rings. The number of benzene rings is 2. The monoisotopic (exact) mass is 352 g/mol. The van der Waals surface area contributed by atoms with Crippen LogP contribution in [0, 0.1) is 0 Å². The van der Waals surface area contributed by atoms with Crippen molar-refractivity contribution in [2.24, 2.45) is 0 Å². The van der Waals surface area contributed by atoms with Gasteiger partial charge in [-0.1, -0.05) is 35.9 Å². The molecule has 3 rings (SSSR count). The molecule has 0 aliphatic carbocycles. The van der Waals surface area contributed by atoms with Gasteiger partial charge in [0.15, 0.2) is 0 Å². The molecule has 0 fully saturated rings. The summed E-state index contributed by atoms with van der Waals surface area (Å²) in [4.78, 5) is 16.1. The van der Waals surface area contributed by atoms with E-state index < -0.39 is 0 Å². The lowest BCUT2D eigenvalue weighted by Crippen LogP contribution is -2.22. The Morgan fingerprint density at radius 1 is 1.04 bits per heavy atom. The predicted molar refractivity (Wildman–Crippen MR) is 97.6 cm³/mol. The van der Waals surface area contributed by atoms with E-state index in [4.69, 9.17) is 16.3 Å². The van der Waals surface area contributed by atoms with Gasteiger partial charge in [-0.15, -0.1) is 0 Å². The molecule has 2 aromatic carbocycles. The van der Waals surface area contributed by atoms with Gasteiger partial charge in [0.25, 0.3) is 5.91 Å². The molecule has 0 spiro atoms. The maximum Gasteiger partial charge on any atom is 0.251 e. The van der Waals surface area contributed by atoms with Crippen molar-refractivity contribution < 1.29 is 9.53 Å². The first-order valence-electron chi connectivity index (χ1n) is 7.85. The number of aromatic nitrogens is 1. The number of nitrogens with one attached hydrogen (secondary N) is 1. The summed E-state index contributed by atoms with van der Waals surface area (Å²) >= 11 is 5.90. The summed E-state index contributed by atoms with van der Waals surface area (Å²) in [5.74, 6) is 0.619. The minimum absolute atomic E-state index is 0.153. The van der Waals surface area contributed by atoms with Crippen LogP contribution in [0.15, 0.2) is 73.1 Å². The van der Waals surface area contributed by atoms with Gasteiger partial charge in [0.1, 0.15) is 12.4 Å². The summed E-state index contributed by atoms with van der Waals surface area (Å²) < 4.78 is 5.71. The molecule has 0 saturated carbocycles. The Kier molecular flexibility index (Phi) is 5.65. The number of rotatable bonds is 6. The molecule has 0 aliphatic rings. The van der Waals surface area contributed by atoms with Crippen molar-refractivity contribution >= 4 is 17.5 Å². The van der Waals surface area contributed by atoms with Crippen molar-refractivity contribution in [1.82, 2.24) is 10.3 Å². The normalized spacial score (nSPS) is 10.3. The molecule has 0 unspecified atom stereocenters. The maximum absolute atomic E-state index is 12.1. The molecule has 0 saturated heterocycles. The third kappa shape index (κ3) is 5.06. The molecule has 4 nitrogen and oxygen atoms in total. The van der Waals surface area contributed by atoms with Crippen LogP contribution >= 0.6 is 11.6 Å². The minimum atomic E-state index is -0.153. The van der Waals surface area contributed by atoms with Gasteiger partial charge in [0, 0.05) is 35.1 Å². The van der Waals surface area contributed by atoms with Gasteiger partial charge in [-0.3, -0.25) is 9.78 Å². The third-order valence-electron chi connectivity index (χ3n) is 3.59. The van der Waals surface area contributed by atoms with Gasteiger partial charge in [0.2, 0.25) is 0 Å². The fourth-order valence-electron chi connectivity index (χ4n) is 2.27. The molecular weight excluding hydrogens is 336 g/mol. The van der Waals surface area contributed by atoms with Crippen molar-refractivity contribution in [2.45, 2.75) is 13.2 Å². The summed E-state index contributed by atoms with van der Waals surface area (Å²) in [5, 5.41) is 3.42. The quantitative estimate of drug-likeness (QED) is 0.721. The highest BCUT2D eigenvalue weighted by atomic mass is 35.5. The van der Waals surface area contributed by atoms with E-state index in [1.807, 2.05) is 36.4 Å². The summed E-state index contributed by atoms with van der Waals surface area (Å²) in [7, 11) is 0. The van der Waals surface area contributed by atoms with Crippen molar-refractivity contribution in [1.29, 1.82) is 0 Å². The zero-order valence-corrected chi connectivity index (χ0v) is 14.2. The van der Waals surface area contributed by atoms with E-state index in [-0.39, 0.29) is 5.91 Å². The van der Waals surface area contributed by atoms with Crippen LogP contribution in [0.2, 0.25) is 5.02 Å². The number of ether oxygens (including phenoxy) is 1. The number of hydrogen-bond acceptors (Lipinski definition) is 3. The largest absolute Gasteiger partial charge is 0.489 e. The number of pyridine rings is 1. The molecule has 25 heavy (non-hydrogen) atoms. The van der Waals surface area contributed by atoms with Crippen molar-refractivity contribution in [3.05, 3.63) is 94.8 Å². The highest BCUT2D eigenvalue weighted by Gasteiger charge is 2.05. The smallest absolute Gasteiger partial charge is 0.251 e. The van der Waals surface area contributed by atoms with E-state index >= 15 is 0 Å². The number of carbonyl (C=O) groups is 1. The number of carbonyl (C=O) groups excluding carboxylic acids is 1. The number of hydrogen-bond donors (Lipinski definition) is 1. The van der Waals surface area contributed by atoms with Gasteiger partial charge in [-0.2, -0.15) is 0 Å². The molecule has 0 aliphatic heterocycles. The van der Waals surface area contributed by atoms with Crippen molar-refractivity contribution in [3.8, 4) is 5.75 Å². The minimum Gasteiger partial charge on any atom is -0.489 e. The highest BCUT2D eigenvalue weighted by molar-refractivity contribution is 6.30. The second-order valence-corrected chi connectivity index (χ2v) is 5.92. The van der Waals surface area contributed by atoms with Gasteiger partial charge in [0.05, 0.1) is 0 Å². The van der Waals surface area contributed by atoms with Crippen LogP contribution in [0.5, 0.6) is 5.75 Å². The fraction of sp³-hybridized carbons (Fsp3) is 0.100. The molecule has 5 heteroatoms. The van der Waals surface area contributed by atoms with Gasteiger partial charge >= 0.3 is 0 Å². The number of amides is 1. The average molecular weight is 353 g/mol. The lowest BCUT2D eigenvalue weighted by molar-refractivity contribution is 0.0951. The molecule has 0 bridgehead atoms. The summed E-state index contributed by atoms with van der Waals surface area (Å²) in [6.07, 6.45) is 3.51. The Bertz CT molecular complexity index is 836. The Hall–Kier alpha value is -2.85. The Morgan fingerprint density at radius 3 is 2.60 bits per heavy atom. The average Bonchev–Trinajstić information content (AvgIpc) is 2.66. The van der Waals surface area contributed by atoms with E-state index in [1.54, 1.807) is 36.7 Å². The van der Waals surface area contributed by atoms with Crippen LogP contribution in [-0.4, -0.2) is 10.9 Å². The highest BCUT2D eigenvalue weighted by Crippen LogP contribution is 2.15. The van der Waals surface area contributed by atoms with Crippen LogP contribution in [0.25, 0.3) is 0 Å². The van der Waals surface area contributed by atoms with Gasteiger partial charge in [-0.05, 0) is 42.0 Å². The van der Waals surface area contributed by atoms with Gasteiger partial charge in [-0.25, -0.2) is 0 Å². The van der Waals surface area contributed by atoms with Crippen LogP contribution in [0.1, 0.15) is 21.5 Å². The summed E-state index contributed by atoms with van der Waals surface area (Å²) in [6, 6.07) is 18.3. The molecule has 126 valence electrons. The summed E-state index contributed by atoms with van der Waals surface area (Å²) in [5.41, 5.74) is 2.55. The third-order valence-corrected chi connectivity index (χ3v) is 3.83.